The molecule has 0 N–H and O–H groups in total. The number of ketones is 1. The van der Waals surface area contributed by atoms with Gasteiger partial charge in [0.05, 0.1) is 0 Å². The Morgan fingerprint density at radius 1 is 1.20 bits per heavy atom. The molecule has 0 aliphatic rings. The third-order valence-corrected chi connectivity index (χ3v) is 1.38. The summed E-state index contributed by atoms with van der Waals surface area (Å²) in [6.45, 7) is 4.93. The molecule has 1 nitrogen and oxygen atoms in total. The zero-order valence-electron chi connectivity index (χ0n) is 6.66. The van der Waals surface area contributed by atoms with Crippen LogP contribution in [0.2, 0.25) is 0 Å². The van der Waals surface area contributed by atoms with E-state index in [4.69, 9.17) is 0 Å². The summed E-state index contributed by atoms with van der Waals surface area (Å²) in [6, 6.07) is 0. The van der Waals surface area contributed by atoms with Gasteiger partial charge in [0.25, 0.3) is 0 Å². The maximum atomic E-state index is 12.7. The number of hydrogen-bond acceptors (Lipinski definition) is 1. The second kappa shape index (κ2) is 2.29. The summed E-state index contributed by atoms with van der Waals surface area (Å²) < 4.78 is 25.4. The molecule has 0 aliphatic carbocycles. The van der Waals surface area contributed by atoms with Crippen molar-refractivity contribution in [2.24, 2.45) is 5.41 Å². The molecule has 0 amide bonds. The van der Waals surface area contributed by atoms with Crippen LogP contribution in [0.25, 0.3) is 0 Å². The molecular weight excluding hydrogens is 138 g/mol. The van der Waals surface area contributed by atoms with Crippen LogP contribution in [0.3, 0.4) is 0 Å². The minimum atomic E-state index is -3.20. The monoisotopic (exact) mass is 150 g/mol. The summed E-state index contributed by atoms with van der Waals surface area (Å²) in [6.07, 6.45) is 0. The molecule has 0 rings (SSSR count). The number of hydrogen-bond donors (Lipinski definition) is 0. The number of Topliss-reactive ketones (excluding diaryl/α,β-unsaturated/α-hetero) is 1. The SMILES string of the molecule is CC(=O)C(F)(F)C(C)(C)C. The van der Waals surface area contributed by atoms with Gasteiger partial charge in [0.1, 0.15) is 0 Å². The van der Waals surface area contributed by atoms with Crippen molar-refractivity contribution in [3.63, 3.8) is 0 Å². The molecule has 0 saturated heterocycles. The van der Waals surface area contributed by atoms with Crippen molar-refractivity contribution in [2.75, 3.05) is 0 Å². The van der Waals surface area contributed by atoms with Crippen molar-refractivity contribution in [2.45, 2.75) is 33.6 Å². The maximum Gasteiger partial charge on any atom is 0.309 e. The van der Waals surface area contributed by atoms with E-state index in [1.54, 1.807) is 0 Å². The van der Waals surface area contributed by atoms with Crippen molar-refractivity contribution in [3.05, 3.63) is 0 Å². The van der Waals surface area contributed by atoms with Crippen LogP contribution in [-0.2, 0) is 4.79 Å². The Labute approximate surface area is 59.4 Å². The van der Waals surface area contributed by atoms with E-state index in [2.05, 4.69) is 0 Å². The van der Waals surface area contributed by atoms with Crippen LogP contribution in [0, 0.1) is 5.41 Å². The number of carbonyl (C=O) groups excluding carboxylic acids is 1. The predicted octanol–water partition coefficient (Wildman–Crippen LogP) is 2.26. The van der Waals surface area contributed by atoms with E-state index in [0.29, 0.717) is 0 Å². The molecule has 3 heteroatoms. The fourth-order valence-electron chi connectivity index (χ4n) is 0.528. The summed E-state index contributed by atoms with van der Waals surface area (Å²) in [5, 5.41) is 0. The van der Waals surface area contributed by atoms with Crippen LogP contribution < -0.4 is 0 Å². The number of halogens is 2. The molecule has 0 aromatic carbocycles. The van der Waals surface area contributed by atoms with Crippen molar-refractivity contribution in [1.29, 1.82) is 0 Å². The van der Waals surface area contributed by atoms with Gasteiger partial charge in [-0.05, 0) is 0 Å². The second-order valence-corrected chi connectivity index (χ2v) is 3.38. The molecule has 10 heavy (non-hydrogen) atoms. The van der Waals surface area contributed by atoms with Crippen LogP contribution in [0.15, 0.2) is 0 Å². The molecule has 0 radical (unpaired) electrons. The largest absolute Gasteiger partial charge is 0.309 e. The highest BCUT2D eigenvalue weighted by Crippen LogP contribution is 2.35. The average Bonchev–Trinajstić information content (AvgIpc) is 1.62. The smallest absolute Gasteiger partial charge is 0.293 e. The number of alkyl halides is 2. The van der Waals surface area contributed by atoms with Gasteiger partial charge in [0, 0.05) is 12.3 Å². The Bertz CT molecular complexity index is 144. The first-order valence-corrected chi connectivity index (χ1v) is 3.08. The van der Waals surface area contributed by atoms with E-state index >= 15 is 0 Å². The fraction of sp³-hybridized carbons (Fsp3) is 0.857. The van der Waals surface area contributed by atoms with Gasteiger partial charge in [-0.2, -0.15) is 8.78 Å². The molecule has 0 aromatic heterocycles. The van der Waals surface area contributed by atoms with Gasteiger partial charge in [0.2, 0.25) is 0 Å². The van der Waals surface area contributed by atoms with Gasteiger partial charge in [-0.15, -0.1) is 0 Å². The lowest BCUT2D eigenvalue weighted by molar-refractivity contribution is -0.157. The Hall–Kier alpha value is -0.470. The summed E-state index contributed by atoms with van der Waals surface area (Å²) in [4.78, 5) is 10.4. The highest BCUT2D eigenvalue weighted by atomic mass is 19.3. The molecule has 0 unspecified atom stereocenters. The number of rotatable bonds is 1. The van der Waals surface area contributed by atoms with Crippen LogP contribution in [-0.4, -0.2) is 11.7 Å². The highest BCUT2D eigenvalue weighted by Gasteiger charge is 2.47. The third-order valence-electron chi connectivity index (χ3n) is 1.38. The molecule has 0 aliphatic heterocycles. The normalized spacial score (nSPS) is 13.4. The summed E-state index contributed by atoms with van der Waals surface area (Å²) >= 11 is 0. The highest BCUT2D eigenvalue weighted by molar-refractivity contribution is 5.83. The molecular formula is C7H12F2O. The van der Waals surface area contributed by atoms with Gasteiger partial charge in [0.15, 0.2) is 5.78 Å². The average molecular weight is 150 g/mol. The summed E-state index contributed by atoms with van der Waals surface area (Å²) in [7, 11) is 0. The first kappa shape index (κ1) is 9.53. The minimum absolute atomic E-state index is 0.908. The Morgan fingerprint density at radius 3 is 1.50 bits per heavy atom. The van der Waals surface area contributed by atoms with Gasteiger partial charge < -0.3 is 0 Å². The molecule has 0 aromatic rings. The molecule has 0 heterocycles. The van der Waals surface area contributed by atoms with Crippen molar-refractivity contribution in [3.8, 4) is 0 Å². The van der Waals surface area contributed by atoms with Crippen molar-refractivity contribution in [1.82, 2.24) is 0 Å². The van der Waals surface area contributed by atoms with Crippen LogP contribution in [0.4, 0.5) is 8.78 Å². The third kappa shape index (κ3) is 1.52. The van der Waals surface area contributed by atoms with Gasteiger partial charge in [-0.1, -0.05) is 20.8 Å². The van der Waals surface area contributed by atoms with E-state index in [1.807, 2.05) is 0 Å². The summed E-state index contributed by atoms with van der Waals surface area (Å²) in [5.74, 6) is -4.27. The van der Waals surface area contributed by atoms with Gasteiger partial charge >= 0.3 is 5.92 Å². The molecule has 0 bridgehead atoms. The predicted molar refractivity (Wildman–Crippen MR) is 35.1 cm³/mol. The number of carbonyl (C=O) groups is 1. The lowest BCUT2D eigenvalue weighted by atomic mass is 9.86. The lowest BCUT2D eigenvalue weighted by Crippen LogP contribution is -2.40. The van der Waals surface area contributed by atoms with Crippen LogP contribution >= 0.6 is 0 Å². The van der Waals surface area contributed by atoms with E-state index in [1.165, 1.54) is 20.8 Å². The lowest BCUT2D eigenvalue weighted by Gasteiger charge is -2.27. The Balaban J connectivity index is 4.57. The van der Waals surface area contributed by atoms with E-state index < -0.39 is 17.1 Å². The summed E-state index contributed by atoms with van der Waals surface area (Å²) in [5.41, 5.74) is -1.27. The van der Waals surface area contributed by atoms with Gasteiger partial charge in [-0.25, -0.2) is 0 Å². The topological polar surface area (TPSA) is 17.1 Å². The minimum Gasteiger partial charge on any atom is -0.293 e. The molecule has 60 valence electrons. The van der Waals surface area contributed by atoms with E-state index in [-0.39, 0.29) is 0 Å². The second-order valence-electron chi connectivity index (χ2n) is 3.38. The van der Waals surface area contributed by atoms with Crippen molar-refractivity contribution >= 4 is 5.78 Å². The standard InChI is InChI=1S/C7H12F2O/c1-5(10)7(8,9)6(2,3)4/h1-4H3. The zero-order valence-corrected chi connectivity index (χ0v) is 6.66. The van der Waals surface area contributed by atoms with E-state index in [9.17, 15) is 13.6 Å². The van der Waals surface area contributed by atoms with Gasteiger partial charge in [-0.3, -0.25) is 4.79 Å². The molecule has 0 saturated carbocycles. The van der Waals surface area contributed by atoms with Crippen LogP contribution in [0.1, 0.15) is 27.7 Å². The fourth-order valence-corrected chi connectivity index (χ4v) is 0.528. The van der Waals surface area contributed by atoms with Crippen LogP contribution in [0.5, 0.6) is 0 Å². The Morgan fingerprint density at radius 2 is 1.50 bits per heavy atom. The molecule has 0 fully saturated rings. The maximum absolute atomic E-state index is 12.7. The van der Waals surface area contributed by atoms with Crippen molar-refractivity contribution < 1.29 is 13.6 Å². The first-order valence-electron chi connectivity index (χ1n) is 3.08. The zero-order chi connectivity index (χ0) is 8.58. The molecule has 0 spiro atoms. The first-order chi connectivity index (χ1) is 4.19. The van der Waals surface area contributed by atoms with E-state index in [0.717, 1.165) is 6.92 Å². The Kier molecular flexibility index (Phi) is 2.18. The molecule has 0 atom stereocenters. The quantitative estimate of drug-likeness (QED) is 0.560.